The Morgan fingerprint density at radius 3 is 2.86 bits per heavy atom. The third-order valence-electron chi connectivity index (χ3n) is 4.70. The number of halogens is 1. The van der Waals surface area contributed by atoms with Gasteiger partial charge in [0.25, 0.3) is 5.91 Å². The molecule has 1 unspecified atom stereocenters. The zero-order valence-electron chi connectivity index (χ0n) is 15.7. The lowest BCUT2D eigenvalue weighted by Gasteiger charge is -2.34. The van der Waals surface area contributed by atoms with Crippen molar-refractivity contribution in [2.24, 2.45) is 0 Å². The minimum absolute atomic E-state index is 0.0116. The number of hydrogen-bond donors (Lipinski definition) is 3. The summed E-state index contributed by atoms with van der Waals surface area (Å²) >= 11 is 5.46. The largest absolute Gasteiger partial charge is 0.384 e. The van der Waals surface area contributed by atoms with Crippen LogP contribution in [-0.4, -0.2) is 33.9 Å². The maximum absolute atomic E-state index is 14.0. The normalized spacial score (nSPS) is 16.9. The number of nitrogens with two attached hydrogens (primary N) is 1. The van der Waals surface area contributed by atoms with Crippen LogP contribution in [0.3, 0.4) is 0 Å². The van der Waals surface area contributed by atoms with Crippen molar-refractivity contribution >= 4 is 34.6 Å². The number of rotatable bonds is 5. The van der Waals surface area contributed by atoms with Crippen LogP contribution < -0.4 is 16.4 Å². The number of likely N-dealkylation sites (N-methyl/N-ethyl adjacent to an activating group) is 1. The number of anilines is 2. The lowest BCUT2D eigenvalue weighted by molar-refractivity contribution is -0.127. The first-order chi connectivity index (χ1) is 13.4. The third-order valence-corrected chi connectivity index (χ3v) is 5.00. The molecule has 1 atom stereocenters. The Kier molecular flexibility index (Phi) is 5.89. The molecule has 1 aliphatic rings. The summed E-state index contributed by atoms with van der Waals surface area (Å²) < 4.78 is 14.0. The van der Waals surface area contributed by atoms with Crippen LogP contribution in [0.1, 0.15) is 18.9 Å². The van der Waals surface area contributed by atoms with E-state index in [9.17, 15) is 9.18 Å². The van der Waals surface area contributed by atoms with E-state index in [0.717, 1.165) is 11.3 Å². The SMILES string of the molecule is CC1CC(NCc2ccnc(N)c2)=C(C(=S)Nc2ccccc2F)C(=O)N1C. The molecule has 0 saturated heterocycles. The zero-order chi connectivity index (χ0) is 20.3. The predicted octanol–water partition coefficient (Wildman–Crippen LogP) is 2.84. The fourth-order valence-electron chi connectivity index (χ4n) is 3.00. The van der Waals surface area contributed by atoms with E-state index in [-0.39, 0.29) is 22.6 Å². The summed E-state index contributed by atoms with van der Waals surface area (Å²) in [6, 6.07) is 9.84. The fraction of sp³-hybridized carbons (Fsp3) is 0.250. The van der Waals surface area contributed by atoms with Gasteiger partial charge in [0.2, 0.25) is 0 Å². The number of hydrogen-bond acceptors (Lipinski definition) is 5. The predicted molar refractivity (Wildman–Crippen MR) is 112 cm³/mol. The summed E-state index contributed by atoms with van der Waals surface area (Å²) in [6.07, 6.45) is 2.24. The van der Waals surface area contributed by atoms with Crippen LogP contribution in [0.2, 0.25) is 0 Å². The summed E-state index contributed by atoms with van der Waals surface area (Å²) in [4.78, 5) is 18.7. The molecular weight excluding hydrogens is 377 g/mol. The minimum Gasteiger partial charge on any atom is -0.384 e. The molecule has 1 aliphatic heterocycles. The number of nitrogen functional groups attached to an aromatic ring is 1. The zero-order valence-corrected chi connectivity index (χ0v) is 16.5. The molecule has 2 aromatic rings. The average molecular weight is 399 g/mol. The number of amides is 1. The molecule has 0 aliphatic carbocycles. The number of carbonyl (C=O) groups is 1. The highest BCUT2D eigenvalue weighted by molar-refractivity contribution is 7.81. The second-order valence-corrected chi connectivity index (χ2v) is 7.11. The number of nitrogens with one attached hydrogen (secondary N) is 2. The topological polar surface area (TPSA) is 83.3 Å². The molecule has 1 aromatic carbocycles. The van der Waals surface area contributed by atoms with Crippen molar-refractivity contribution in [3.8, 4) is 0 Å². The number of aromatic nitrogens is 1. The van der Waals surface area contributed by atoms with Gasteiger partial charge in [-0.2, -0.15) is 0 Å². The molecule has 0 radical (unpaired) electrons. The van der Waals surface area contributed by atoms with Gasteiger partial charge in [0, 0.05) is 37.9 Å². The summed E-state index contributed by atoms with van der Waals surface area (Å²) in [7, 11) is 1.74. The van der Waals surface area contributed by atoms with Crippen LogP contribution in [0, 0.1) is 5.82 Å². The maximum atomic E-state index is 14.0. The van der Waals surface area contributed by atoms with Gasteiger partial charge in [-0.15, -0.1) is 0 Å². The van der Waals surface area contributed by atoms with E-state index >= 15 is 0 Å². The van der Waals surface area contributed by atoms with E-state index in [4.69, 9.17) is 18.0 Å². The van der Waals surface area contributed by atoms with E-state index in [0.29, 0.717) is 24.4 Å². The Hall–Kier alpha value is -3.00. The standard InChI is InChI=1S/C20H22FN5OS/c1-12-9-16(24-11-13-7-8-23-17(22)10-13)18(20(27)26(12)2)19(28)25-15-6-4-3-5-14(15)21/h3-8,10,12,24H,9,11H2,1-2H3,(H2,22,23)(H,25,28). The van der Waals surface area contributed by atoms with Crippen LogP contribution in [-0.2, 0) is 11.3 Å². The molecule has 6 nitrogen and oxygen atoms in total. The number of nitrogens with zero attached hydrogens (tertiary/aromatic N) is 2. The Morgan fingerprint density at radius 1 is 1.39 bits per heavy atom. The van der Waals surface area contributed by atoms with Gasteiger partial charge in [-0.25, -0.2) is 9.37 Å². The van der Waals surface area contributed by atoms with Crippen molar-refractivity contribution in [2.45, 2.75) is 25.9 Å². The van der Waals surface area contributed by atoms with Gasteiger partial charge in [-0.05, 0) is 36.8 Å². The van der Waals surface area contributed by atoms with Crippen LogP contribution in [0.15, 0.2) is 53.9 Å². The van der Waals surface area contributed by atoms with E-state index in [1.165, 1.54) is 6.07 Å². The van der Waals surface area contributed by atoms with E-state index in [1.54, 1.807) is 42.4 Å². The van der Waals surface area contributed by atoms with Gasteiger partial charge in [0.15, 0.2) is 0 Å². The van der Waals surface area contributed by atoms with E-state index in [2.05, 4.69) is 15.6 Å². The molecule has 0 spiro atoms. The van der Waals surface area contributed by atoms with Gasteiger partial charge >= 0.3 is 0 Å². The Bertz CT molecular complexity index is 946. The molecule has 0 bridgehead atoms. The average Bonchev–Trinajstić information content (AvgIpc) is 2.66. The number of benzene rings is 1. The van der Waals surface area contributed by atoms with Crippen LogP contribution in [0.25, 0.3) is 0 Å². The summed E-state index contributed by atoms with van der Waals surface area (Å²) in [5.74, 6) is -0.209. The van der Waals surface area contributed by atoms with Crippen molar-refractivity contribution in [2.75, 3.05) is 18.1 Å². The van der Waals surface area contributed by atoms with Crippen molar-refractivity contribution in [1.82, 2.24) is 15.2 Å². The molecule has 28 heavy (non-hydrogen) atoms. The van der Waals surface area contributed by atoms with Gasteiger partial charge in [0.1, 0.15) is 16.6 Å². The quantitative estimate of drug-likeness (QED) is 0.671. The molecule has 146 valence electrons. The van der Waals surface area contributed by atoms with Crippen molar-refractivity contribution in [1.29, 1.82) is 0 Å². The molecule has 0 fully saturated rings. The summed E-state index contributed by atoms with van der Waals surface area (Å²) in [6.45, 7) is 2.44. The van der Waals surface area contributed by atoms with Crippen LogP contribution in [0.5, 0.6) is 0 Å². The number of carbonyl (C=O) groups excluding carboxylic acids is 1. The lowest BCUT2D eigenvalue weighted by Crippen LogP contribution is -2.45. The molecule has 0 saturated carbocycles. The van der Waals surface area contributed by atoms with Gasteiger partial charge in [-0.1, -0.05) is 24.4 Å². The second kappa shape index (κ2) is 8.35. The van der Waals surface area contributed by atoms with Crippen molar-refractivity contribution in [3.05, 3.63) is 65.2 Å². The minimum atomic E-state index is -0.433. The second-order valence-electron chi connectivity index (χ2n) is 6.70. The Labute approximate surface area is 168 Å². The van der Waals surface area contributed by atoms with Gasteiger partial charge < -0.3 is 21.3 Å². The molecule has 8 heteroatoms. The number of pyridine rings is 1. The number of thiocarbonyl (C=S) groups is 1. The van der Waals surface area contributed by atoms with Crippen LogP contribution >= 0.6 is 12.2 Å². The Balaban J connectivity index is 1.88. The van der Waals surface area contributed by atoms with Crippen molar-refractivity contribution < 1.29 is 9.18 Å². The van der Waals surface area contributed by atoms with Gasteiger partial charge in [0.05, 0.1) is 11.3 Å². The first kappa shape index (κ1) is 19.8. The summed E-state index contributed by atoms with van der Waals surface area (Å²) in [5.41, 5.74) is 7.97. The molecule has 2 heterocycles. The smallest absolute Gasteiger partial charge is 0.258 e. The maximum Gasteiger partial charge on any atom is 0.258 e. The van der Waals surface area contributed by atoms with Crippen LogP contribution in [0.4, 0.5) is 15.9 Å². The first-order valence-electron chi connectivity index (χ1n) is 8.87. The molecular formula is C20H22FN5OS. The highest BCUT2D eigenvalue weighted by Gasteiger charge is 2.32. The lowest BCUT2D eigenvalue weighted by atomic mass is 9.99. The third kappa shape index (κ3) is 4.28. The number of para-hydroxylation sites is 1. The van der Waals surface area contributed by atoms with Gasteiger partial charge in [-0.3, -0.25) is 4.79 Å². The molecule has 1 amide bonds. The first-order valence-corrected chi connectivity index (χ1v) is 9.28. The molecule has 3 rings (SSSR count). The highest BCUT2D eigenvalue weighted by atomic mass is 32.1. The van der Waals surface area contributed by atoms with Crippen molar-refractivity contribution in [3.63, 3.8) is 0 Å². The fourth-order valence-corrected chi connectivity index (χ4v) is 3.32. The summed E-state index contributed by atoms with van der Waals surface area (Å²) in [5, 5.41) is 6.17. The van der Waals surface area contributed by atoms with E-state index < -0.39 is 5.82 Å². The molecule has 1 aromatic heterocycles. The monoisotopic (exact) mass is 399 g/mol. The Morgan fingerprint density at radius 2 is 2.14 bits per heavy atom. The highest BCUT2D eigenvalue weighted by Crippen LogP contribution is 2.25. The molecule has 4 N–H and O–H groups in total. The van der Waals surface area contributed by atoms with E-state index in [1.807, 2.05) is 13.0 Å².